The molecule has 0 heterocycles. The van der Waals surface area contributed by atoms with Gasteiger partial charge in [0.1, 0.15) is 11.6 Å². The van der Waals surface area contributed by atoms with E-state index in [0.29, 0.717) is 12.1 Å². The van der Waals surface area contributed by atoms with Gasteiger partial charge in [-0.3, -0.25) is 4.79 Å². The van der Waals surface area contributed by atoms with Crippen LogP contribution in [0.4, 0.5) is 8.78 Å². The molecule has 0 aliphatic heterocycles. The molecule has 1 rings (SSSR count). The van der Waals surface area contributed by atoms with Crippen LogP contribution >= 0.6 is 0 Å². The number of hydrogen-bond donors (Lipinski definition) is 2. The molecule has 0 saturated heterocycles. The van der Waals surface area contributed by atoms with E-state index in [0.717, 1.165) is 6.07 Å². The van der Waals surface area contributed by atoms with E-state index in [-0.39, 0.29) is 24.7 Å². The highest BCUT2D eigenvalue weighted by Crippen LogP contribution is 2.25. The Bertz CT molecular complexity index is 515. The number of carbonyl (C=O) groups is 1. The summed E-state index contributed by atoms with van der Waals surface area (Å²) in [4.78, 5) is 11.8. The summed E-state index contributed by atoms with van der Waals surface area (Å²) >= 11 is 0. The smallest absolute Gasteiger partial charge is 0.220 e. The molecule has 1 atom stereocenters. The number of benzene rings is 1. The molecule has 0 spiro atoms. The van der Waals surface area contributed by atoms with Crippen LogP contribution in [0.2, 0.25) is 0 Å². The predicted molar refractivity (Wildman–Crippen MR) is 82.3 cm³/mol. The molecule has 1 amide bonds. The molecule has 1 unspecified atom stereocenters. The fourth-order valence-corrected chi connectivity index (χ4v) is 2.39. The highest BCUT2D eigenvalue weighted by atomic mass is 19.1. The van der Waals surface area contributed by atoms with Gasteiger partial charge in [-0.2, -0.15) is 0 Å². The van der Waals surface area contributed by atoms with Gasteiger partial charge in [0, 0.05) is 24.4 Å². The van der Waals surface area contributed by atoms with E-state index in [4.69, 9.17) is 0 Å². The molecule has 22 heavy (non-hydrogen) atoms. The third-order valence-corrected chi connectivity index (χ3v) is 3.81. The van der Waals surface area contributed by atoms with Crippen molar-refractivity contribution in [2.45, 2.75) is 46.6 Å². The van der Waals surface area contributed by atoms with Crippen molar-refractivity contribution in [1.29, 1.82) is 0 Å². The summed E-state index contributed by atoms with van der Waals surface area (Å²) in [7, 11) is 0. The second-order valence-corrected chi connectivity index (χ2v) is 6.69. The summed E-state index contributed by atoms with van der Waals surface area (Å²) in [6.07, 6.45) is -0.191. The van der Waals surface area contributed by atoms with Crippen molar-refractivity contribution in [3.8, 4) is 0 Å². The van der Waals surface area contributed by atoms with Crippen molar-refractivity contribution in [3.63, 3.8) is 0 Å². The van der Waals surface area contributed by atoms with Crippen molar-refractivity contribution in [1.82, 2.24) is 5.32 Å². The van der Waals surface area contributed by atoms with Crippen molar-refractivity contribution >= 4 is 5.91 Å². The average molecular weight is 313 g/mol. The number of aryl methyl sites for hydroxylation is 1. The van der Waals surface area contributed by atoms with Gasteiger partial charge < -0.3 is 10.4 Å². The molecule has 0 radical (unpaired) electrons. The molecule has 1 aromatic carbocycles. The van der Waals surface area contributed by atoms with Crippen LogP contribution in [-0.2, 0) is 11.2 Å². The highest BCUT2D eigenvalue weighted by Gasteiger charge is 2.30. The van der Waals surface area contributed by atoms with E-state index >= 15 is 0 Å². The molecule has 2 N–H and O–H groups in total. The van der Waals surface area contributed by atoms with Crippen molar-refractivity contribution < 1.29 is 18.7 Å². The van der Waals surface area contributed by atoms with Crippen LogP contribution in [0.5, 0.6) is 0 Å². The lowest BCUT2D eigenvalue weighted by molar-refractivity contribution is -0.122. The lowest BCUT2D eigenvalue weighted by atomic mass is 9.80. The standard InChI is InChI=1S/C17H25F2NO2/c1-11(2)16(22)17(3,4)10-20-15(21)8-6-12-5-7-13(18)9-14(12)19/h5,7,9,11,16,22H,6,8,10H2,1-4H3,(H,20,21). The van der Waals surface area contributed by atoms with Gasteiger partial charge in [-0.1, -0.05) is 33.8 Å². The Hall–Kier alpha value is -1.49. The quantitative estimate of drug-likeness (QED) is 0.813. The zero-order valence-electron chi connectivity index (χ0n) is 13.6. The molecule has 124 valence electrons. The molecule has 5 heteroatoms. The number of halogens is 2. The topological polar surface area (TPSA) is 49.3 Å². The second-order valence-electron chi connectivity index (χ2n) is 6.69. The predicted octanol–water partition coefficient (Wildman–Crippen LogP) is 3.06. The van der Waals surface area contributed by atoms with Gasteiger partial charge in [-0.15, -0.1) is 0 Å². The van der Waals surface area contributed by atoms with Crippen LogP contribution in [0, 0.1) is 23.0 Å². The first kappa shape index (κ1) is 18.6. The number of rotatable bonds is 7. The molecule has 0 aromatic heterocycles. The fourth-order valence-electron chi connectivity index (χ4n) is 2.39. The minimum Gasteiger partial charge on any atom is -0.392 e. The van der Waals surface area contributed by atoms with Crippen LogP contribution in [0.15, 0.2) is 18.2 Å². The van der Waals surface area contributed by atoms with E-state index in [2.05, 4.69) is 5.32 Å². The minimum atomic E-state index is -0.636. The van der Waals surface area contributed by atoms with E-state index in [1.165, 1.54) is 12.1 Å². The maximum atomic E-state index is 13.5. The Morgan fingerprint density at radius 2 is 1.95 bits per heavy atom. The lowest BCUT2D eigenvalue weighted by Crippen LogP contribution is -2.43. The second kappa shape index (κ2) is 7.68. The summed E-state index contributed by atoms with van der Waals surface area (Å²) in [6, 6.07) is 3.35. The van der Waals surface area contributed by atoms with E-state index in [1.54, 1.807) is 0 Å². The Labute approximate surface area is 130 Å². The Morgan fingerprint density at radius 3 is 2.50 bits per heavy atom. The van der Waals surface area contributed by atoms with Crippen LogP contribution in [-0.4, -0.2) is 23.7 Å². The van der Waals surface area contributed by atoms with Gasteiger partial charge in [0.2, 0.25) is 5.91 Å². The fraction of sp³-hybridized carbons (Fsp3) is 0.588. The van der Waals surface area contributed by atoms with Crippen LogP contribution < -0.4 is 5.32 Å². The maximum Gasteiger partial charge on any atom is 0.220 e. The van der Waals surface area contributed by atoms with Crippen LogP contribution in [0.3, 0.4) is 0 Å². The van der Waals surface area contributed by atoms with Crippen molar-refractivity contribution in [2.24, 2.45) is 11.3 Å². The van der Waals surface area contributed by atoms with Crippen molar-refractivity contribution in [2.75, 3.05) is 6.54 Å². The Balaban J connectivity index is 2.47. The lowest BCUT2D eigenvalue weighted by Gasteiger charge is -2.33. The number of aliphatic hydroxyl groups is 1. The SMILES string of the molecule is CC(C)C(O)C(C)(C)CNC(=O)CCc1ccc(F)cc1F. The summed E-state index contributed by atoms with van der Waals surface area (Å²) in [5.41, 5.74) is -0.122. The van der Waals surface area contributed by atoms with Crippen LogP contribution in [0.1, 0.15) is 39.7 Å². The van der Waals surface area contributed by atoms with Gasteiger partial charge in [0.05, 0.1) is 6.10 Å². The van der Waals surface area contributed by atoms with Gasteiger partial charge in [0.15, 0.2) is 0 Å². The zero-order chi connectivity index (χ0) is 16.9. The molecule has 0 aliphatic carbocycles. The Kier molecular flexibility index (Phi) is 6.48. The molecule has 3 nitrogen and oxygen atoms in total. The third-order valence-electron chi connectivity index (χ3n) is 3.81. The third kappa shape index (κ3) is 5.37. The first-order valence-electron chi connectivity index (χ1n) is 7.52. The largest absolute Gasteiger partial charge is 0.392 e. The van der Waals surface area contributed by atoms with E-state index in [1.807, 2.05) is 27.7 Å². The van der Waals surface area contributed by atoms with Gasteiger partial charge in [-0.05, 0) is 24.0 Å². The van der Waals surface area contributed by atoms with E-state index < -0.39 is 23.2 Å². The molecule has 0 aliphatic rings. The van der Waals surface area contributed by atoms with Crippen molar-refractivity contribution in [3.05, 3.63) is 35.4 Å². The average Bonchev–Trinajstić information content (AvgIpc) is 2.43. The molecular weight excluding hydrogens is 288 g/mol. The minimum absolute atomic E-state index is 0.0974. The van der Waals surface area contributed by atoms with E-state index in [9.17, 15) is 18.7 Å². The molecule has 0 bridgehead atoms. The summed E-state index contributed by atoms with van der Waals surface area (Å²) < 4.78 is 26.3. The zero-order valence-corrected chi connectivity index (χ0v) is 13.6. The highest BCUT2D eigenvalue weighted by molar-refractivity contribution is 5.76. The number of amides is 1. The molecule has 1 aromatic rings. The Morgan fingerprint density at radius 1 is 1.32 bits per heavy atom. The first-order chi connectivity index (χ1) is 10.1. The summed E-state index contributed by atoms with van der Waals surface area (Å²) in [5.74, 6) is -1.38. The summed E-state index contributed by atoms with van der Waals surface area (Å²) in [6.45, 7) is 7.96. The first-order valence-corrected chi connectivity index (χ1v) is 7.52. The van der Waals surface area contributed by atoms with Gasteiger partial charge >= 0.3 is 0 Å². The number of carbonyl (C=O) groups excluding carboxylic acids is 1. The van der Waals surface area contributed by atoms with Gasteiger partial charge in [-0.25, -0.2) is 8.78 Å². The van der Waals surface area contributed by atoms with Crippen LogP contribution in [0.25, 0.3) is 0 Å². The monoisotopic (exact) mass is 313 g/mol. The van der Waals surface area contributed by atoms with Gasteiger partial charge in [0.25, 0.3) is 0 Å². The molecule has 0 fully saturated rings. The number of hydrogen-bond acceptors (Lipinski definition) is 2. The molecular formula is C17H25F2NO2. The summed E-state index contributed by atoms with van der Waals surface area (Å²) in [5, 5.41) is 12.9. The maximum absolute atomic E-state index is 13.5. The number of nitrogens with one attached hydrogen (secondary N) is 1. The number of aliphatic hydroxyl groups excluding tert-OH is 1. The normalized spacial score (nSPS) is 13.3. The molecule has 0 saturated carbocycles.